The lowest BCUT2D eigenvalue weighted by molar-refractivity contribution is -0.112. The maximum absolute atomic E-state index is 12.9. The number of fused-ring (bicyclic) bond motifs is 1. The third-order valence-corrected chi connectivity index (χ3v) is 6.16. The number of ketones is 1. The van der Waals surface area contributed by atoms with Gasteiger partial charge in [0.1, 0.15) is 23.3 Å². The molecule has 2 heterocycles. The number of aromatic nitrogens is 3. The van der Waals surface area contributed by atoms with Gasteiger partial charge in [0.25, 0.3) is 0 Å². The van der Waals surface area contributed by atoms with E-state index in [1.165, 1.54) is 11.8 Å². The molecular weight excluding hydrogens is 372 g/mol. The summed E-state index contributed by atoms with van der Waals surface area (Å²) in [4.78, 5) is 16.7. The Balaban J connectivity index is 1.56. The molecule has 0 saturated heterocycles. The summed E-state index contributed by atoms with van der Waals surface area (Å²) in [5.41, 5.74) is 2.12. The van der Waals surface area contributed by atoms with Crippen molar-refractivity contribution in [1.29, 1.82) is 5.26 Å². The van der Waals surface area contributed by atoms with Crippen LogP contribution in [0.2, 0.25) is 0 Å². The maximum Gasteiger partial charge on any atom is 0.191 e. The van der Waals surface area contributed by atoms with Gasteiger partial charge in [-0.2, -0.15) is 5.26 Å². The second kappa shape index (κ2) is 7.32. The molecule has 144 valence electrons. The number of allylic oxidation sites excluding steroid dienone is 1. The molecule has 1 aliphatic carbocycles. The number of anilines is 2. The zero-order valence-corrected chi connectivity index (χ0v) is 17.0. The molecule has 0 unspecified atom stereocenters. The minimum atomic E-state index is -0.201. The molecule has 1 aromatic carbocycles. The lowest BCUT2D eigenvalue weighted by atomic mass is 10.2. The van der Waals surface area contributed by atoms with E-state index in [0.717, 1.165) is 41.7 Å². The Bertz CT molecular complexity index is 969. The zero-order valence-electron chi connectivity index (χ0n) is 16.2. The van der Waals surface area contributed by atoms with E-state index in [1.807, 2.05) is 48.2 Å². The summed E-state index contributed by atoms with van der Waals surface area (Å²) in [6, 6.07) is 9.99. The van der Waals surface area contributed by atoms with Crippen molar-refractivity contribution >= 4 is 28.9 Å². The smallest absolute Gasteiger partial charge is 0.191 e. The van der Waals surface area contributed by atoms with Gasteiger partial charge in [-0.3, -0.25) is 4.79 Å². The molecule has 1 saturated carbocycles. The van der Waals surface area contributed by atoms with Crippen LogP contribution >= 0.6 is 11.8 Å². The van der Waals surface area contributed by atoms with Crippen molar-refractivity contribution in [2.45, 2.75) is 37.4 Å². The van der Waals surface area contributed by atoms with E-state index in [2.05, 4.69) is 27.8 Å². The van der Waals surface area contributed by atoms with Gasteiger partial charge in [-0.1, -0.05) is 23.9 Å². The molecule has 1 aromatic heterocycles. The second-order valence-corrected chi connectivity index (χ2v) is 7.93. The highest BCUT2D eigenvalue weighted by atomic mass is 32.2. The summed E-state index contributed by atoms with van der Waals surface area (Å²) in [5, 5.41) is 19.1. The molecule has 0 radical (unpaired) electrons. The molecule has 0 bridgehead atoms. The molecule has 1 fully saturated rings. The van der Waals surface area contributed by atoms with Gasteiger partial charge in [0.15, 0.2) is 10.9 Å². The number of carbonyl (C=O) groups excluding carboxylic acids is 1. The number of thioether (sulfide) groups is 1. The number of rotatable bonds is 6. The molecule has 0 N–H and O–H groups in total. The van der Waals surface area contributed by atoms with E-state index >= 15 is 0 Å². The fraction of sp³-hybridized carbons (Fsp3) is 0.400. The van der Waals surface area contributed by atoms with Crippen LogP contribution < -0.4 is 9.80 Å². The van der Waals surface area contributed by atoms with Crippen molar-refractivity contribution in [1.82, 2.24) is 14.8 Å². The van der Waals surface area contributed by atoms with Crippen molar-refractivity contribution in [2.75, 3.05) is 29.6 Å². The van der Waals surface area contributed by atoms with Crippen LogP contribution in [0.1, 0.15) is 31.5 Å². The van der Waals surface area contributed by atoms with Gasteiger partial charge in [-0.15, -0.1) is 10.2 Å². The number of carbonyl (C=O) groups is 1. The van der Waals surface area contributed by atoms with Crippen molar-refractivity contribution in [3.05, 3.63) is 41.5 Å². The first kappa shape index (κ1) is 18.6. The fourth-order valence-corrected chi connectivity index (χ4v) is 4.49. The number of benzene rings is 1. The Kier molecular flexibility index (Phi) is 4.85. The molecule has 2 aliphatic rings. The Labute approximate surface area is 168 Å². The predicted molar refractivity (Wildman–Crippen MR) is 109 cm³/mol. The number of para-hydroxylation sites is 2. The lowest BCUT2D eigenvalue weighted by Gasteiger charge is -2.19. The van der Waals surface area contributed by atoms with Gasteiger partial charge in [-0.25, -0.2) is 0 Å². The van der Waals surface area contributed by atoms with Gasteiger partial charge in [0, 0.05) is 26.6 Å². The van der Waals surface area contributed by atoms with E-state index in [4.69, 9.17) is 0 Å². The van der Waals surface area contributed by atoms with Crippen molar-refractivity contribution in [3.63, 3.8) is 0 Å². The van der Waals surface area contributed by atoms with E-state index in [-0.39, 0.29) is 17.1 Å². The molecule has 2 aromatic rings. The lowest BCUT2D eigenvalue weighted by Crippen LogP contribution is -2.26. The molecular formula is C20H22N6OS. The number of hydrogen-bond acceptors (Lipinski definition) is 7. The number of Topliss-reactive ketones (excluding diaryl/α,β-unsaturated/α-hetero) is 1. The molecule has 7 nitrogen and oxygen atoms in total. The topological polar surface area (TPSA) is 78.0 Å². The molecule has 0 atom stereocenters. The Morgan fingerprint density at radius 3 is 2.39 bits per heavy atom. The van der Waals surface area contributed by atoms with Gasteiger partial charge < -0.3 is 14.4 Å². The van der Waals surface area contributed by atoms with Crippen molar-refractivity contribution < 1.29 is 4.79 Å². The van der Waals surface area contributed by atoms with Crippen molar-refractivity contribution in [3.8, 4) is 6.07 Å². The summed E-state index contributed by atoms with van der Waals surface area (Å²) < 4.78 is 2.08. The Morgan fingerprint density at radius 1 is 1.21 bits per heavy atom. The largest absolute Gasteiger partial charge is 0.328 e. The minimum Gasteiger partial charge on any atom is -0.328 e. The fourth-order valence-electron chi connectivity index (χ4n) is 3.61. The monoisotopic (exact) mass is 394 g/mol. The predicted octanol–water partition coefficient (Wildman–Crippen LogP) is 3.16. The highest BCUT2D eigenvalue weighted by Crippen LogP contribution is 2.41. The summed E-state index contributed by atoms with van der Waals surface area (Å²) in [6.45, 7) is 2.84. The minimum absolute atomic E-state index is 0.160. The van der Waals surface area contributed by atoms with Crippen LogP contribution in [0.4, 0.5) is 11.4 Å². The molecule has 1 aliphatic heterocycles. The van der Waals surface area contributed by atoms with Crippen LogP contribution in [0.15, 0.2) is 40.8 Å². The summed E-state index contributed by atoms with van der Waals surface area (Å²) in [7, 11) is 3.76. The normalized spacial score (nSPS) is 15.6. The van der Waals surface area contributed by atoms with Gasteiger partial charge in [-0.05, 0) is 31.9 Å². The molecule has 28 heavy (non-hydrogen) atoms. The standard InChI is InChI=1S/C20H22N6OS/c1-4-26-18(13-9-10-13)22-23-20(26)28-12-17(27)14(11-21)19-24(2)15-7-5-6-8-16(15)25(19)3/h5-8,13H,4,9-10,12H2,1-3H3. The molecule has 0 amide bonds. The van der Waals surface area contributed by atoms with E-state index < -0.39 is 0 Å². The summed E-state index contributed by atoms with van der Waals surface area (Å²) >= 11 is 1.35. The van der Waals surface area contributed by atoms with Crippen LogP contribution in [0, 0.1) is 11.3 Å². The number of nitriles is 1. The first-order valence-corrected chi connectivity index (χ1v) is 10.3. The summed E-state index contributed by atoms with van der Waals surface area (Å²) in [6.07, 6.45) is 2.32. The first-order chi connectivity index (χ1) is 13.6. The van der Waals surface area contributed by atoms with Gasteiger partial charge >= 0.3 is 0 Å². The highest BCUT2D eigenvalue weighted by Gasteiger charge is 2.32. The Hall–Kier alpha value is -2.79. The molecule has 8 heteroatoms. The van der Waals surface area contributed by atoms with Crippen LogP contribution in [0.3, 0.4) is 0 Å². The first-order valence-electron chi connectivity index (χ1n) is 9.36. The summed E-state index contributed by atoms with van der Waals surface area (Å²) in [5.74, 6) is 2.10. The van der Waals surface area contributed by atoms with Gasteiger partial charge in [0.05, 0.1) is 17.1 Å². The van der Waals surface area contributed by atoms with Crippen LogP contribution in [-0.4, -0.2) is 40.4 Å². The SMILES string of the molecule is CCn1c(SCC(=O)C(C#N)=C2N(C)c3ccccc3N2C)nnc1C1CC1. The van der Waals surface area contributed by atoms with Gasteiger partial charge in [0.2, 0.25) is 0 Å². The number of nitrogens with zero attached hydrogens (tertiary/aromatic N) is 6. The average molecular weight is 395 g/mol. The van der Waals surface area contributed by atoms with Crippen LogP contribution in [-0.2, 0) is 11.3 Å². The highest BCUT2D eigenvalue weighted by molar-refractivity contribution is 7.99. The van der Waals surface area contributed by atoms with E-state index in [1.54, 1.807) is 0 Å². The molecule has 4 rings (SSSR count). The van der Waals surface area contributed by atoms with Crippen LogP contribution in [0.5, 0.6) is 0 Å². The molecule has 0 spiro atoms. The van der Waals surface area contributed by atoms with Crippen molar-refractivity contribution in [2.24, 2.45) is 0 Å². The maximum atomic E-state index is 12.9. The second-order valence-electron chi connectivity index (χ2n) is 6.99. The number of hydrogen-bond donors (Lipinski definition) is 0. The van der Waals surface area contributed by atoms with E-state index in [0.29, 0.717) is 11.7 Å². The quantitative estimate of drug-likeness (QED) is 0.423. The third-order valence-electron chi connectivity index (χ3n) is 5.19. The van der Waals surface area contributed by atoms with E-state index in [9.17, 15) is 10.1 Å². The van der Waals surface area contributed by atoms with Crippen LogP contribution in [0.25, 0.3) is 0 Å². The average Bonchev–Trinajstić information content (AvgIpc) is 3.43. The third kappa shape index (κ3) is 3.06. The Morgan fingerprint density at radius 2 is 1.86 bits per heavy atom. The zero-order chi connectivity index (χ0) is 19.8.